The van der Waals surface area contributed by atoms with Gasteiger partial charge in [0.05, 0.1) is 0 Å². The molecule has 0 bridgehead atoms. The molecule has 1 unspecified atom stereocenters. The lowest BCUT2D eigenvalue weighted by atomic mass is 10.1. The Morgan fingerprint density at radius 2 is 2.00 bits per heavy atom. The highest BCUT2D eigenvalue weighted by atomic mass is 15.3. The molecule has 0 aromatic heterocycles. The van der Waals surface area contributed by atoms with Crippen molar-refractivity contribution < 1.29 is 0 Å². The quantitative estimate of drug-likeness (QED) is 0.691. The molecule has 1 aliphatic heterocycles. The van der Waals surface area contributed by atoms with Gasteiger partial charge in [0.15, 0.2) is 0 Å². The summed E-state index contributed by atoms with van der Waals surface area (Å²) in [5.74, 6) is 0.859. The molecule has 1 saturated heterocycles. The van der Waals surface area contributed by atoms with Gasteiger partial charge in [-0.15, -0.1) is 0 Å². The topological polar surface area (TPSA) is 6.48 Å². The van der Waals surface area contributed by atoms with Gasteiger partial charge in [0.1, 0.15) is 0 Å². The van der Waals surface area contributed by atoms with E-state index in [-0.39, 0.29) is 0 Å². The van der Waals surface area contributed by atoms with Crippen molar-refractivity contribution in [3.8, 4) is 0 Å². The van der Waals surface area contributed by atoms with Crippen LogP contribution in [0.3, 0.4) is 0 Å². The summed E-state index contributed by atoms with van der Waals surface area (Å²) in [6.45, 7) is 15.6. The van der Waals surface area contributed by atoms with Crippen molar-refractivity contribution >= 4 is 0 Å². The van der Waals surface area contributed by atoms with E-state index in [4.69, 9.17) is 0 Å². The van der Waals surface area contributed by atoms with Crippen LogP contribution >= 0.6 is 0 Å². The zero-order valence-corrected chi connectivity index (χ0v) is 11.0. The van der Waals surface area contributed by atoms with Crippen LogP contribution in [0, 0.1) is 5.92 Å². The highest BCUT2D eigenvalue weighted by Crippen LogP contribution is 2.11. The van der Waals surface area contributed by atoms with E-state index in [1.165, 1.54) is 45.6 Å². The monoisotopic (exact) mass is 212 g/mol. The molecule has 90 valence electrons. The van der Waals surface area contributed by atoms with Gasteiger partial charge in [-0.1, -0.05) is 20.8 Å². The second kappa shape index (κ2) is 6.49. The molecular formula is C13H28N2. The second-order valence-electron chi connectivity index (χ2n) is 5.31. The standard InChI is InChI=1S/C13H28N2/c1-5-14-9-10-15(13(4)11-14)8-6-7-12(2)3/h12-13H,5-11H2,1-4H3. The fourth-order valence-corrected chi connectivity index (χ4v) is 2.39. The Labute approximate surface area is 95.6 Å². The molecule has 0 amide bonds. The van der Waals surface area contributed by atoms with Crippen molar-refractivity contribution in [2.45, 2.75) is 46.6 Å². The summed E-state index contributed by atoms with van der Waals surface area (Å²) >= 11 is 0. The van der Waals surface area contributed by atoms with Gasteiger partial charge in [-0.05, 0) is 38.8 Å². The molecule has 0 radical (unpaired) electrons. The molecule has 0 N–H and O–H groups in total. The van der Waals surface area contributed by atoms with Gasteiger partial charge in [-0.2, -0.15) is 0 Å². The average Bonchev–Trinajstić information content (AvgIpc) is 2.20. The van der Waals surface area contributed by atoms with Gasteiger partial charge in [0.2, 0.25) is 0 Å². The predicted molar refractivity (Wildman–Crippen MR) is 67.2 cm³/mol. The van der Waals surface area contributed by atoms with Crippen LogP contribution in [-0.4, -0.2) is 48.6 Å². The fourth-order valence-electron chi connectivity index (χ4n) is 2.39. The molecule has 1 heterocycles. The van der Waals surface area contributed by atoms with E-state index in [1.54, 1.807) is 0 Å². The SMILES string of the molecule is CCN1CCN(CCCC(C)C)C(C)C1. The molecular weight excluding hydrogens is 184 g/mol. The van der Waals surface area contributed by atoms with Gasteiger partial charge >= 0.3 is 0 Å². The summed E-state index contributed by atoms with van der Waals surface area (Å²) in [5.41, 5.74) is 0. The maximum atomic E-state index is 2.66. The van der Waals surface area contributed by atoms with E-state index in [0.717, 1.165) is 12.0 Å². The Bertz CT molecular complexity index is 168. The molecule has 1 aliphatic rings. The molecule has 0 spiro atoms. The van der Waals surface area contributed by atoms with Crippen LogP contribution in [0.4, 0.5) is 0 Å². The third-order valence-corrected chi connectivity index (χ3v) is 3.52. The van der Waals surface area contributed by atoms with Crippen LogP contribution in [0.2, 0.25) is 0 Å². The van der Waals surface area contributed by atoms with Crippen LogP contribution < -0.4 is 0 Å². The summed E-state index contributed by atoms with van der Waals surface area (Å²) in [6.07, 6.45) is 2.74. The van der Waals surface area contributed by atoms with Crippen LogP contribution in [0.25, 0.3) is 0 Å². The Morgan fingerprint density at radius 1 is 1.27 bits per heavy atom. The number of hydrogen-bond acceptors (Lipinski definition) is 2. The fraction of sp³-hybridized carbons (Fsp3) is 1.00. The lowest BCUT2D eigenvalue weighted by Crippen LogP contribution is -2.51. The number of piperazine rings is 1. The first kappa shape index (κ1) is 13.0. The largest absolute Gasteiger partial charge is 0.301 e. The van der Waals surface area contributed by atoms with E-state index < -0.39 is 0 Å². The number of hydrogen-bond donors (Lipinski definition) is 0. The summed E-state index contributed by atoms with van der Waals surface area (Å²) in [4.78, 5) is 5.22. The van der Waals surface area contributed by atoms with E-state index in [9.17, 15) is 0 Å². The molecule has 0 aromatic rings. The van der Waals surface area contributed by atoms with Crippen LogP contribution in [0.1, 0.15) is 40.5 Å². The smallest absolute Gasteiger partial charge is 0.0195 e. The first-order valence-electron chi connectivity index (χ1n) is 6.59. The molecule has 1 fully saturated rings. The van der Waals surface area contributed by atoms with Crippen LogP contribution in [0.15, 0.2) is 0 Å². The second-order valence-corrected chi connectivity index (χ2v) is 5.31. The Hall–Kier alpha value is -0.0800. The van der Waals surface area contributed by atoms with Crippen molar-refractivity contribution in [1.29, 1.82) is 0 Å². The van der Waals surface area contributed by atoms with Crippen molar-refractivity contribution in [1.82, 2.24) is 9.80 Å². The lowest BCUT2D eigenvalue weighted by molar-refractivity contribution is 0.0849. The van der Waals surface area contributed by atoms with Gasteiger partial charge in [-0.3, -0.25) is 4.90 Å². The summed E-state index contributed by atoms with van der Waals surface area (Å²) in [6, 6.07) is 0.755. The molecule has 1 atom stereocenters. The molecule has 0 saturated carbocycles. The van der Waals surface area contributed by atoms with Gasteiger partial charge in [0.25, 0.3) is 0 Å². The zero-order valence-electron chi connectivity index (χ0n) is 11.0. The van der Waals surface area contributed by atoms with E-state index >= 15 is 0 Å². The summed E-state index contributed by atoms with van der Waals surface area (Å²) in [7, 11) is 0. The third-order valence-electron chi connectivity index (χ3n) is 3.52. The predicted octanol–water partition coefficient (Wildman–Crippen LogP) is 2.45. The van der Waals surface area contributed by atoms with Gasteiger partial charge in [0, 0.05) is 25.7 Å². The molecule has 2 nitrogen and oxygen atoms in total. The van der Waals surface area contributed by atoms with Gasteiger partial charge < -0.3 is 4.90 Å². The first-order valence-corrected chi connectivity index (χ1v) is 6.59. The average molecular weight is 212 g/mol. The Morgan fingerprint density at radius 3 is 2.53 bits per heavy atom. The van der Waals surface area contributed by atoms with Crippen molar-refractivity contribution in [3.05, 3.63) is 0 Å². The van der Waals surface area contributed by atoms with E-state index in [0.29, 0.717) is 0 Å². The molecule has 0 aromatic carbocycles. The number of nitrogens with zero attached hydrogens (tertiary/aromatic N) is 2. The summed E-state index contributed by atoms with van der Waals surface area (Å²) in [5, 5.41) is 0. The maximum absolute atomic E-state index is 2.66. The van der Waals surface area contributed by atoms with Crippen molar-refractivity contribution in [3.63, 3.8) is 0 Å². The maximum Gasteiger partial charge on any atom is 0.0195 e. The van der Waals surface area contributed by atoms with Crippen LogP contribution in [0.5, 0.6) is 0 Å². The number of likely N-dealkylation sites (N-methyl/N-ethyl adjacent to an activating group) is 1. The third kappa shape index (κ3) is 4.52. The Balaban J connectivity index is 2.20. The minimum absolute atomic E-state index is 0.755. The van der Waals surface area contributed by atoms with Crippen molar-refractivity contribution in [2.24, 2.45) is 5.92 Å². The summed E-state index contributed by atoms with van der Waals surface area (Å²) < 4.78 is 0. The van der Waals surface area contributed by atoms with Crippen LogP contribution in [-0.2, 0) is 0 Å². The highest BCUT2D eigenvalue weighted by molar-refractivity contribution is 4.78. The molecule has 2 heteroatoms. The minimum atomic E-state index is 0.755. The lowest BCUT2D eigenvalue weighted by Gasteiger charge is -2.39. The molecule has 15 heavy (non-hydrogen) atoms. The van der Waals surface area contributed by atoms with Crippen molar-refractivity contribution in [2.75, 3.05) is 32.7 Å². The van der Waals surface area contributed by atoms with Gasteiger partial charge in [-0.25, -0.2) is 0 Å². The molecule has 0 aliphatic carbocycles. The first-order chi connectivity index (χ1) is 7.13. The Kier molecular flexibility index (Phi) is 5.62. The van der Waals surface area contributed by atoms with E-state index in [1.807, 2.05) is 0 Å². The normalized spacial score (nSPS) is 25.0. The minimum Gasteiger partial charge on any atom is -0.301 e. The molecule has 1 rings (SSSR count). The number of rotatable bonds is 5. The van der Waals surface area contributed by atoms with E-state index in [2.05, 4.69) is 37.5 Å². The zero-order chi connectivity index (χ0) is 11.3. The highest BCUT2D eigenvalue weighted by Gasteiger charge is 2.21.